The van der Waals surface area contributed by atoms with E-state index in [1.807, 2.05) is 35.7 Å². The summed E-state index contributed by atoms with van der Waals surface area (Å²) in [5.41, 5.74) is 1.62. The van der Waals surface area contributed by atoms with E-state index < -0.39 is 0 Å². The van der Waals surface area contributed by atoms with Crippen LogP contribution in [-0.4, -0.2) is 30.4 Å². The van der Waals surface area contributed by atoms with E-state index in [9.17, 15) is 9.59 Å². The molecule has 1 aliphatic heterocycles. The number of hydrogen-bond acceptors (Lipinski definition) is 4. The smallest absolute Gasteiger partial charge is 0.261 e. The normalized spacial score (nSPS) is 19.3. The highest BCUT2D eigenvalue weighted by Gasteiger charge is 2.20. The van der Waals surface area contributed by atoms with Crippen LogP contribution >= 0.6 is 23.7 Å². The predicted molar refractivity (Wildman–Crippen MR) is 107 cm³/mol. The summed E-state index contributed by atoms with van der Waals surface area (Å²) in [5, 5.41) is 11.3. The lowest BCUT2D eigenvalue weighted by atomic mass is 10.00. The molecule has 1 aliphatic rings. The summed E-state index contributed by atoms with van der Waals surface area (Å²) >= 11 is 1.42. The molecule has 0 bridgehead atoms. The first kappa shape index (κ1) is 20.4. The molecular weight excluding hydrogens is 370 g/mol. The van der Waals surface area contributed by atoms with Crippen molar-refractivity contribution in [3.05, 3.63) is 57.8 Å². The third-order valence-corrected chi connectivity index (χ3v) is 5.24. The van der Waals surface area contributed by atoms with Gasteiger partial charge >= 0.3 is 0 Å². The third kappa shape index (κ3) is 5.56. The Balaban J connectivity index is 0.00000243. The van der Waals surface area contributed by atoms with Crippen LogP contribution in [0.2, 0.25) is 0 Å². The molecule has 0 aliphatic carbocycles. The minimum absolute atomic E-state index is 0. The van der Waals surface area contributed by atoms with Crippen LogP contribution < -0.4 is 16.0 Å². The van der Waals surface area contributed by atoms with Gasteiger partial charge in [0.1, 0.15) is 0 Å². The van der Waals surface area contributed by atoms with Crippen LogP contribution in [0.4, 0.5) is 0 Å². The summed E-state index contributed by atoms with van der Waals surface area (Å²) in [6, 6.07) is 11.7. The molecular formula is C19H24ClN3O2S. The Hall–Kier alpha value is -1.89. The molecule has 2 aromatic rings. The number of carbonyl (C=O) groups is 2. The van der Waals surface area contributed by atoms with Crippen LogP contribution in [0.3, 0.4) is 0 Å². The van der Waals surface area contributed by atoms with Gasteiger partial charge in [0.15, 0.2) is 0 Å². The van der Waals surface area contributed by atoms with Crippen molar-refractivity contribution in [3.63, 3.8) is 0 Å². The Bertz CT molecular complexity index is 719. The van der Waals surface area contributed by atoms with E-state index in [0.29, 0.717) is 23.0 Å². The second-order valence-electron chi connectivity index (χ2n) is 6.41. The quantitative estimate of drug-likeness (QED) is 0.731. The molecule has 1 aromatic heterocycles. The summed E-state index contributed by atoms with van der Waals surface area (Å²) in [6.45, 7) is 3.52. The number of thiophene rings is 1. The molecule has 3 rings (SSSR count). The Labute approximate surface area is 164 Å². The van der Waals surface area contributed by atoms with Gasteiger partial charge in [0.2, 0.25) is 0 Å². The van der Waals surface area contributed by atoms with Crippen LogP contribution in [0.1, 0.15) is 45.4 Å². The fraction of sp³-hybridized carbons (Fsp3) is 0.368. The lowest BCUT2D eigenvalue weighted by Crippen LogP contribution is -2.46. The number of amides is 2. The van der Waals surface area contributed by atoms with Gasteiger partial charge in [0.25, 0.3) is 11.8 Å². The number of hydrogen-bond donors (Lipinski definition) is 3. The van der Waals surface area contributed by atoms with Crippen LogP contribution in [0.25, 0.3) is 0 Å². The molecule has 2 heterocycles. The third-order valence-electron chi connectivity index (χ3n) is 4.37. The van der Waals surface area contributed by atoms with E-state index in [1.54, 1.807) is 6.07 Å². The minimum atomic E-state index is -0.0724. The van der Waals surface area contributed by atoms with Crippen LogP contribution in [0.5, 0.6) is 0 Å². The van der Waals surface area contributed by atoms with E-state index in [2.05, 4.69) is 22.9 Å². The lowest BCUT2D eigenvalue weighted by molar-refractivity contribution is 0.0923. The maximum Gasteiger partial charge on any atom is 0.261 e. The summed E-state index contributed by atoms with van der Waals surface area (Å²) in [7, 11) is 0. The molecule has 1 fully saturated rings. The van der Waals surface area contributed by atoms with Gasteiger partial charge in [0.05, 0.1) is 4.88 Å². The van der Waals surface area contributed by atoms with Gasteiger partial charge in [-0.05, 0) is 55.5 Å². The van der Waals surface area contributed by atoms with Crippen molar-refractivity contribution < 1.29 is 9.59 Å². The van der Waals surface area contributed by atoms with Gasteiger partial charge in [-0.2, -0.15) is 0 Å². The lowest BCUT2D eigenvalue weighted by Gasteiger charge is -2.28. The van der Waals surface area contributed by atoms with Crippen molar-refractivity contribution in [3.8, 4) is 0 Å². The van der Waals surface area contributed by atoms with Crippen LogP contribution in [0.15, 0.2) is 41.8 Å². The maximum absolute atomic E-state index is 12.4. The molecule has 26 heavy (non-hydrogen) atoms. The second kappa shape index (κ2) is 9.71. The van der Waals surface area contributed by atoms with Gasteiger partial charge in [0, 0.05) is 24.2 Å². The Morgan fingerprint density at radius 1 is 1.19 bits per heavy atom. The largest absolute Gasteiger partial charge is 0.349 e. The zero-order valence-corrected chi connectivity index (χ0v) is 16.3. The number of carbonyl (C=O) groups excluding carboxylic acids is 2. The van der Waals surface area contributed by atoms with Crippen molar-refractivity contribution in [1.82, 2.24) is 16.0 Å². The molecule has 1 aromatic carbocycles. The van der Waals surface area contributed by atoms with Crippen molar-refractivity contribution in [2.24, 2.45) is 0 Å². The van der Waals surface area contributed by atoms with E-state index in [-0.39, 0.29) is 30.3 Å². The van der Waals surface area contributed by atoms with Crippen LogP contribution in [-0.2, 0) is 6.54 Å². The molecule has 3 N–H and O–H groups in total. The van der Waals surface area contributed by atoms with Gasteiger partial charge < -0.3 is 16.0 Å². The van der Waals surface area contributed by atoms with E-state index in [1.165, 1.54) is 11.3 Å². The second-order valence-corrected chi connectivity index (χ2v) is 7.35. The molecule has 0 spiro atoms. The zero-order valence-electron chi connectivity index (χ0n) is 14.7. The highest BCUT2D eigenvalue weighted by atomic mass is 35.5. The topological polar surface area (TPSA) is 70.2 Å². The first-order chi connectivity index (χ1) is 12.1. The van der Waals surface area contributed by atoms with Crippen LogP contribution in [0, 0.1) is 0 Å². The number of rotatable bonds is 5. The fourth-order valence-corrected chi connectivity index (χ4v) is 3.62. The summed E-state index contributed by atoms with van der Waals surface area (Å²) in [4.78, 5) is 25.0. The van der Waals surface area contributed by atoms with Gasteiger partial charge in [-0.1, -0.05) is 18.2 Å². The van der Waals surface area contributed by atoms with Crippen molar-refractivity contribution >= 4 is 35.6 Å². The molecule has 140 valence electrons. The minimum Gasteiger partial charge on any atom is -0.349 e. The Kier molecular flexibility index (Phi) is 7.63. The number of nitrogens with one attached hydrogen (secondary N) is 3. The first-order valence-corrected chi connectivity index (χ1v) is 9.44. The molecule has 5 nitrogen and oxygen atoms in total. The highest BCUT2D eigenvalue weighted by molar-refractivity contribution is 7.12. The standard InChI is InChI=1S/C19H23N3O2S.ClH/c1-13-11-16(8-9-20-13)22-18(23)15-6-4-14(5-7-15)12-21-19(24)17-3-2-10-25-17;/h2-7,10,13,16,20H,8-9,11-12H2,1H3,(H,21,24)(H,22,23);1H. The molecule has 2 atom stereocenters. The molecule has 0 saturated carbocycles. The monoisotopic (exact) mass is 393 g/mol. The number of benzene rings is 1. The highest BCUT2D eigenvalue weighted by Crippen LogP contribution is 2.11. The molecule has 0 radical (unpaired) electrons. The molecule has 1 saturated heterocycles. The van der Waals surface area contributed by atoms with E-state index in [4.69, 9.17) is 0 Å². The van der Waals surface area contributed by atoms with E-state index >= 15 is 0 Å². The average molecular weight is 394 g/mol. The maximum atomic E-state index is 12.4. The van der Waals surface area contributed by atoms with Gasteiger partial charge in [-0.15, -0.1) is 23.7 Å². The van der Waals surface area contributed by atoms with Gasteiger partial charge in [-0.3, -0.25) is 9.59 Å². The Morgan fingerprint density at radius 2 is 1.96 bits per heavy atom. The SMILES string of the molecule is CC1CC(NC(=O)c2ccc(CNC(=O)c3cccs3)cc2)CCN1.Cl. The Morgan fingerprint density at radius 3 is 2.62 bits per heavy atom. The summed E-state index contributed by atoms with van der Waals surface area (Å²) in [5.74, 6) is -0.106. The number of piperidine rings is 1. The fourth-order valence-electron chi connectivity index (χ4n) is 2.98. The van der Waals surface area contributed by atoms with Crippen molar-refractivity contribution in [2.75, 3.05) is 6.54 Å². The van der Waals surface area contributed by atoms with Gasteiger partial charge in [-0.25, -0.2) is 0 Å². The number of halogens is 1. The first-order valence-electron chi connectivity index (χ1n) is 8.56. The summed E-state index contributed by atoms with van der Waals surface area (Å²) < 4.78 is 0. The predicted octanol–water partition coefficient (Wildman–Crippen LogP) is 2.97. The molecule has 2 unspecified atom stereocenters. The van der Waals surface area contributed by atoms with Crippen molar-refractivity contribution in [2.45, 2.75) is 38.4 Å². The molecule has 2 amide bonds. The average Bonchev–Trinajstić information content (AvgIpc) is 3.15. The molecule has 7 heteroatoms. The summed E-state index contributed by atoms with van der Waals surface area (Å²) in [6.07, 6.45) is 1.92. The van der Waals surface area contributed by atoms with E-state index in [0.717, 1.165) is 24.9 Å². The zero-order chi connectivity index (χ0) is 17.6. The van der Waals surface area contributed by atoms with Crippen molar-refractivity contribution in [1.29, 1.82) is 0 Å².